The van der Waals surface area contributed by atoms with Gasteiger partial charge in [-0.05, 0) is 41.5 Å². The second-order valence-electron chi connectivity index (χ2n) is 4.04. The minimum atomic E-state index is 0.151. The summed E-state index contributed by atoms with van der Waals surface area (Å²) in [6, 6.07) is 8.13. The van der Waals surface area contributed by atoms with Crippen LogP contribution >= 0.6 is 11.3 Å². The molecule has 0 N–H and O–H groups in total. The molecule has 0 fully saturated rings. The lowest BCUT2D eigenvalue weighted by atomic mass is 9.95. The molecule has 0 saturated carbocycles. The Kier molecular flexibility index (Phi) is 3.75. The number of aryl methyl sites for hydroxylation is 2. The van der Waals surface area contributed by atoms with Crippen molar-refractivity contribution in [3.63, 3.8) is 0 Å². The van der Waals surface area contributed by atoms with Gasteiger partial charge in [-0.2, -0.15) is 11.3 Å². The van der Waals surface area contributed by atoms with Gasteiger partial charge in [-0.1, -0.05) is 26.0 Å². The largest absolute Gasteiger partial charge is 0.289 e. The maximum atomic E-state index is 12.4. The van der Waals surface area contributed by atoms with Gasteiger partial charge in [0.2, 0.25) is 0 Å². The van der Waals surface area contributed by atoms with Gasteiger partial charge in [-0.15, -0.1) is 0 Å². The summed E-state index contributed by atoms with van der Waals surface area (Å²) in [6.07, 6.45) is 1.86. The molecule has 0 aliphatic rings. The fourth-order valence-corrected chi connectivity index (χ4v) is 2.55. The van der Waals surface area contributed by atoms with Gasteiger partial charge in [0.25, 0.3) is 0 Å². The van der Waals surface area contributed by atoms with Gasteiger partial charge in [0.15, 0.2) is 5.78 Å². The third kappa shape index (κ3) is 2.47. The fraction of sp³-hybridized carbons (Fsp3) is 0.267. The van der Waals surface area contributed by atoms with E-state index in [4.69, 9.17) is 0 Å². The third-order valence-electron chi connectivity index (χ3n) is 2.99. The number of hydrogen-bond acceptors (Lipinski definition) is 2. The van der Waals surface area contributed by atoms with E-state index in [1.54, 1.807) is 11.3 Å². The molecular weight excluding hydrogens is 228 g/mol. The number of benzene rings is 1. The summed E-state index contributed by atoms with van der Waals surface area (Å²) in [6.45, 7) is 4.20. The average Bonchev–Trinajstić information content (AvgIpc) is 2.91. The second-order valence-corrected chi connectivity index (χ2v) is 4.82. The molecule has 0 aliphatic heterocycles. The van der Waals surface area contributed by atoms with Crippen molar-refractivity contribution >= 4 is 17.1 Å². The van der Waals surface area contributed by atoms with E-state index in [0.29, 0.717) is 0 Å². The van der Waals surface area contributed by atoms with Crippen LogP contribution in [0.4, 0.5) is 0 Å². The van der Waals surface area contributed by atoms with E-state index in [1.807, 2.05) is 22.9 Å². The lowest BCUT2D eigenvalue weighted by Crippen LogP contribution is -2.05. The zero-order valence-corrected chi connectivity index (χ0v) is 11.0. The average molecular weight is 244 g/mol. The van der Waals surface area contributed by atoms with Crippen LogP contribution in [-0.2, 0) is 12.8 Å². The van der Waals surface area contributed by atoms with Crippen molar-refractivity contribution in [2.24, 2.45) is 0 Å². The molecule has 0 unspecified atom stereocenters. The highest BCUT2D eigenvalue weighted by Crippen LogP contribution is 2.19. The Morgan fingerprint density at radius 2 is 2.00 bits per heavy atom. The van der Waals surface area contributed by atoms with Gasteiger partial charge in [-0.25, -0.2) is 0 Å². The third-order valence-corrected chi connectivity index (χ3v) is 3.67. The first kappa shape index (κ1) is 12.1. The van der Waals surface area contributed by atoms with Gasteiger partial charge in [0, 0.05) is 16.5 Å². The molecule has 1 nitrogen and oxygen atoms in total. The van der Waals surface area contributed by atoms with E-state index in [9.17, 15) is 4.79 Å². The number of hydrogen-bond donors (Lipinski definition) is 0. The van der Waals surface area contributed by atoms with Crippen LogP contribution in [0.5, 0.6) is 0 Å². The lowest BCUT2D eigenvalue weighted by Gasteiger charge is -2.08. The topological polar surface area (TPSA) is 17.1 Å². The monoisotopic (exact) mass is 244 g/mol. The van der Waals surface area contributed by atoms with Crippen LogP contribution in [0.25, 0.3) is 0 Å². The highest BCUT2D eigenvalue weighted by molar-refractivity contribution is 7.08. The smallest absolute Gasteiger partial charge is 0.194 e. The molecule has 1 aromatic heterocycles. The number of carbonyl (C=O) groups is 1. The molecule has 2 rings (SSSR count). The predicted octanol–water partition coefficient (Wildman–Crippen LogP) is 4.10. The van der Waals surface area contributed by atoms with Crippen LogP contribution in [0.3, 0.4) is 0 Å². The van der Waals surface area contributed by atoms with E-state index in [1.165, 1.54) is 5.56 Å². The van der Waals surface area contributed by atoms with E-state index in [-0.39, 0.29) is 5.78 Å². The summed E-state index contributed by atoms with van der Waals surface area (Å²) in [7, 11) is 0. The molecule has 88 valence electrons. The van der Waals surface area contributed by atoms with Gasteiger partial charge in [0.1, 0.15) is 0 Å². The minimum absolute atomic E-state index is 0.151. The number of rotatable bonds is 4. The maximum Gasteiger partial charge on any atom is 0.194 e. The summed E-state index contributed by atoms with van der Waals surface area (Å²) < 4.78 is 0. The molecule has 0 spiro atoms. The molecular formula is C15H16OS. The highest BCUT2D eigenvalue weighted by Gasteiger charge is 2.13. The van der Waals surface area contributed by atoms with Crippen molar-refractivity contribution in [1.29, 1.82) is 0 Å². The quantitative estimate of drug-likeness (QED) is 0.740. The van der Waals surface area contributed by atoms with E-state index >= 15 is 0 Å². The van der Waals surface area contributed by atoms with Crippen molar-refractivity contribution in [2.75, 3.05) is 0 Å². The van der Waals surface area contributed by atoms with Crippen molar-refractivity contribution in [2.45, 2.75) is 26.7 Å². The summed E-state index contributed by atoms with van der Waals surface area (Å²) in [5.41, 5.74) is 4.03. The van der Waals surface area contributed by atoms with Gasteiger partial charge in [0.05, 0.1) is 0 Å². The highest BCUT2D eigenvalue weighted by atomic mass is 32.1. The Hall–Kier alpha value is -1.41. The summed E-state index contributed by atoms with van der Waals surface area (Å²) in [5, 5.41) is 3.86. The Morgan fingerprint density at radius 3 is 2.59 bits per heavy atom. The first-order valence-electron chi connectivity index (χ1n) is 5.95. The predicted molar refractivity (Wildman–Crippen MR) is 72.9 cm³/mol. The Balaban J connectivity index is 2.45. The van der Waals surface area contributed by atoms with Crippen LogP contribution in [0.2, 0.25) is 0 Å². The molecule has 0 saturated heterocycles. The summed E-state index contributed by atoms with van der Waals surface area (Å²) in [5.74, 6) is 0.151. The van der Waals surface area contributed by atoms with Gasteiger partial charge < -0.3 is 0 Å². The number of thiophene rings is 1. The zero-order chi connectivity index (χ0) is 12.3. The molecule has 0 radical (unpaired) electrons. The molecule has 0 atom stereocenters. The van der Waals surface area contributed by atoms with Crippen LogP contribution in [0.15, 0.2) is 35.0 Å². The van der Waals surface area contributed by atoms with Crippen molar-refractivity contribution in [3.8, 4) is 0 Å². The normalized spacial score (nSPS) is 10.5. The van der Waals surface area contributed by atoms with Gasteiger partial charge in [-0.3, -0.25) is 4.79 Å². The first-order chi connectivity index (χ1) is 8.26. The van der Waals surface area contributed by atoms with E-state index in [0.717, 1.165) is 29.5 Å². The van der Waals surface area contributed by atoms with Crippen LogP contribution < -0.4 is 0 Å². The minimum Gasteiger partial charge on any atom is -0.289 e. The molecule has 2 heteroatoms. The summed E-state index contributed by atoms with van der Waals surface area (Å²) in [4.78, 5) is 12.4. The van der Waals surface area contributed by atoms with Crippen LogP contribution in [-0.4, -0.2) is 5.78 Å². The Bertz CT molecular complexity index is 512. The molecule has 1 aromatic carbocycles. The van der Waals surface area contributed by atoms with E-state index in [2.05, 4.69) is 26.0 Å². The maximum absolute atomic E-state index is 12.4. The second kappa shape index (κ2) is 5.28. The standard InChI is InChI=1S/C15H16OS/c1-3-11-5-6-12(4-2)14(9-11)15(16)13-7-8-17-10-13/h5-10H,3-4H2,1-2H3. The lowest BCUT2D eigenvalue weighted by molar-refractivity contribution is 0.103. The SMILES string of the molecule is CCc1ccc(CC)c(C(=O)c2ccsc2)c1. The first-order valence-corrected chi connectivity index (χ1v) is 6.89. The fourth-order valence-electron chi connectivity index (χ4n) is 1.91. The number of ketones is 1. The molecule has 2 aromatic rings. The molecule has 0 amide bonds. The van der Waals surface area contributed by atoms with Crippen LogP contribution in [0.1, 0.15) is 40.9 Å². The number of carbonyl (C=O) groups excluding carboxylic acids is 1. The van der Waals surface area contributed by atoms with Crippen LogP contribution in [0, 0.1) is 0 Å². The molecule has 1 heterocycles. The molecule has 17 heavy (non-hydrogen) atoms. The van der Waals surface area contributed by atoms with Crippen molar-refractivity contribution in [1.82, 2.24) is 0 Å². The van der Waals surface area contributed by atoms with Crippen molar-refractivity contribution in [3.05, 3.63) is 57.3 Å². The zero-order valence-electron chi connectivity index (χ0n) is 10.2. The van der Waals surface area contributed by atoms with Crippen molar-refractivity contribution < 1.29 is 4.79 Å². The Morgan fingerprint density at radius 1 is 1.18 bits per heavy atom. The Labute approximate surface area is 106 Å². The molecule has 0 aliphatic carbocycles. The molecule has 0 bridgehead atoms. The van der Waals surface area contributed by atoms with Gasteiger partial charge >= 0.3 is 0 Å². The summed E-state index contributed by atoms with van der Waals surface area (Å²) >= 11 is 1.57. The van der Waals surface area contributed by atoms with E-state index < -0.39 is 0 Å².